The number of nitrogens with zero attached hydrogens (tertiary/aromatic N) is 1. The molecule has 102 valence electrons. The van der Waals surface area contributed by atoms with Crippen LogP contribution < -0.4 is 0 Å². The fourth-order valence-electron chi connectivity index (χ4n) is 2.53. The lowest BCUT2D eigenvalue weighted by molar-refractivity contribution is -0.139. The van der Waals surface area contributed by atoms with Gasteiger partial charge in [-0.2, -0.15) is 0 Å². The Hall–Kier alpha value is -1.68. The lowest BCUT2D eigenvalue weighted by Gasteiger charge is -2.31. The Morgan fingerprint density at radius 3 is 2.68 bits per heavy atom. The molecule has 4 nitrogen and oxygen atoms in total. The number of Topliss-reactive ketones (excluding diaryl/α,β-unsaturated/α-hetero) is 1. The van der Waals surface area contributed by atoms with Gasteiger partial charge in [-0.1, -0.05) is 37.3 Å². The number of hydrogen-bond acceptors (Lipinski definition) is 3. The van der Waals surface area contributed by atoms with Crippen molar-refractivity contribution in [3.05, 3.63) is 35.9 Å². The number of carbonyl (C=O) groups is 2. The van der Waals surface area contributed by atoms with Gasteiger partial charge in [-0.3, -0.25) is 9.59 Å². The fourth-order valence-corrected chi connectivity index (χ4v) is 2.53. The first kappa shape index (κ1) is 13.7. The van der Waals surface area contributed by atoms with Crippen molar-refractivity contribution >= 4 is 11.8 Å². The molecular formula is C15H19NO3. The van der Waals surface area contributed by atoms with Gasteiger partial charge in [-0.15, -0.1) is 0 Å². The van der Waals surface area contributed by atoms with Crippen LogP contribution in [0.1, 0.15) is 24.8 Å². The van der Waals surface area contributed by atoms with Gasteiger partial charge < -0.3 is 10.0 Å². The lowest BCUT2D eigenvalue weighted by Crippen LogP contribution is -2.42. The van der Waals surface area contributed by atoms with Gasteiger partial charge in [-0.25, -0.2) is 0 Å². The molecular weight excluding hydrogens is 242 g/mol. The molecule has 1 heterocycles. The van der Waals surface area contributed by atoms with Crippen LogP contribution in [0.15, 0.2) is 30.3 Å². The van der Waals surface area contributed by atoms with E-state index < -0.39 is 11.9 Å². The summed E-state index contributed by atoms with van der Waals surface area (Å²) in [5.74, 6) is -1.04. The SMILES string of the molecule is CC1CN(CC(C(=O)O)c2ccccc2)CCC1=O. The molecule has 1 saturated heterocycles. The van der Waals surface area contributed by atoms with Crippen molar-refractivity contribution in [3.63, 3.8) is 0 Å². The number of piperidine rings is 1. The van der Waals surface area contributed by atoms with Crippen LogP contribution in [0.4, 0.5) is 0 Å². The minimum atomic E-state index is -0.809. The Morgan fingerprint density at radius 2 is 2.11 bits per heavy atom. The Morgan fingerprint density at radius 1 is 1.42 bits per heavy atom. The lowest BCUT2D eigenvalue weighted by atomic mass is 9.94. The van der Waals surface area contributed by atoms with E-state index in [0.29, 0.717) is 26.1 Å². The molecule has 0 radical (unpaired) electrons. The van der Waals surface area contributed by atoms with Gasteiger partial charge in [0.2, 0.25) is 0 Å². The number of ketones is 1. The Balaban J connectivity index is 2.06. The van der Waals surface area contributed by atoms with E-state index in [9.17, 15) is 14.7 Å². The first-order valence-electron chi connectivity index (χ1n) is 6.60. The van der Waals surface area contributed by atoms with Crippen molar-refractivity contribution in [1.82, 2.24) is 4.90 Å². The molecule has 4 heteroatoms. The Bertz CT molecular complexity index is 458. The van der Waals surface area contributed by atoms with Gasteiger partial charge in [0, 0.05) is 32.0 Å². The van der Waals surface area contributed by atoms with Crippen LogP contribution in [0.25, 0.3) is 0 Å². The highest BCUT2D eigenvalue weighted by Crippen LogP contribution is 2.20. The highest BCUT2D eigenvalue weighted by atomic mass is 16.4. The molecule has 1 aromatic rings. The summed E-state index contributed by atoms with van der Waals surface area (Å²) < 4.78 is 0. The molecule has 19 heavy (non-hydrogen) atoms. The van der Waals surface area contributed by atoms with E-state index in [1.54, 1.807) is 0 Å². The summed E-state index contributed by atoms with van der Waals surface area (Å²) in [5.41, 5.74) is 0.819. The molecule has 1 aromatic carbocycles. The van der Waals surface area contributed by atoms with Gasteiger partial charge in [0.1, 0.15) is 5.78 Å². The summed E-state index contributed by atoms with van der Waals surface area (Å²) in [6.07, 6.45) is 0.530. The maximum absolute atomic E-state index is 11.5. The molecule has 1 fully saturated rings. The predicted molar refractivity (Wildman–Crippen MR) is 72.0 cm³/mol. The number of carboxylic acids is 1. The number of carbonyl (C=O) groups excluding carboxylic acids is 1. The molecule has 1 aliphatic rings. The van der Waals surface area contributed by atoms with E-state index in [0.717, 1.165) is 5.56 Å². The van der Waals surface area contributed by atoms with Gasteiger partial charge in [0.05, 0.1) is 5.92 Å². The Labute approximate surface area is 113 Å². The van der Waals surface area contributed by atoms with Gasteiger partial charge in [-0.05, 0) is 5.56 Å². The van der Waals surface area contributed by atoms with Crippen molar-refractivity contribution in [2.75, 3.05) is 19.6 Å². The zero-order chi connectivity index (χ0) is 13.8. The smallest absolute Gasteiger partial charge is 0.312 e. The molecule has 0 aliphatic carbocycles. The molecule has 0 saturated carbocycles. The van der Waals surface area contributed by atoms with Crippen molar-refractivity contribution in [2.45, 2.75) is 19.3 Å². The summed E-state index contributed by atoms with van der Waals surface area (Å²) in [6, 6.07) is 9.28. The average Bonchev–Trinajstić information content (AvgIpc) is 2.40. The normalized spacial score (nSPS) is 22.2. The standard InChI is InChI=1S/C15H19NO3/c1-11-9-16(8-7-14(11)17)10-13(15(18)19)12-5-3-2-4-6-12/h2-6,11,13H,7-10H2,1H3,(H,18,19). The first-order chi connectivity index (χ1) is 9.08. The number of rotatable bonds is 4. The highest BCUT2D eigenvalue weighted by molar-refractivity contribution is 5.82. The number of carboxylic acid groups (broad SMARTS) is 1. The van der Waals surface area contributed by atoms with Gasteiger partial charge in [0.25, 0.3) is 0 Å². The molecule has 2 rings (SSSR count). The molecule has 1 N–H and O–H groups in total. The number of likely N-dealkylation sites (tertiary alicyclic amines) is 1. The average molecular weight is 261 g/mol. The molecule has 0 spiro atoms. The third-order valence-corrected chi connectivity index (χ3v) is 3.70. The number of hydrogen-bond donors (Lipinski definition) is 1. The quantitative estimate of drug-likeness (QED) is 0.897. The van der Waals surface area contributed by atoms with E-state index >= 15 is 0 Å². The summed E-state index contributed by atoms with van der Waals surface area (Å²) in [5, 5.41) is 9.38. The van der Waals surface area contributed by atoms with Crippen molar-refractivity contribution in [3.8, 4) is 0 Å². The zero-order valence-electron chi connectivity index (χ0n) is 11.1. The van der Waals surface area contributed by atoms with Gasteiger partial charge >= 0.3 is 5.97 Å². The summed E-state index contributed by atoms with van der Waals surface area (Å²) in [4.78, 5) is 25.0. The largest absolute Gasteiger partial charge is 0.481 e. The molecule has 2 unspecified atom stereocenters. The van der Waals surface area contributed by atoms with Crippen molar-refractivity contribution < 1.29 is 14.7 Å². The molecule has 1 aliphatic heterocycles. The van der Waals surface area contributed by atoms with Crippen LogP contribution in [-0.4, -0.2) is 41.4 Å². The number of benzene rings is 1. The topological polar surface area (TPSA) is 57.6 Å². The predicted octanol–water partition coefficient (Wildman–Crippen LogP) is 1.77. The third-order valence-electron chi connectivity index (χ3n) is 3.70. The summed E-state index contributed by atoms with van der Waals surface area (Å²) in [6.45, 7) is 3.71. The Kier molecular flexibility index (Phi) is 4.32. The van der Waals surface area contributed by atoms with Crippen LogP contribution in [0.3, 0.4) is 0 Å². The molecule has 2 atom stereocenters. The zero-order valence-corrected chi connectivity index (χ0v) is 11.1. The van der Waals surface area contributed by atoms with E-state index in [4.69, 9.17) is 0 Å². The number of aliphatic carboxylic acids is 1. The first-order valence-corrected chi connectivity index (χ1v) is 6.60. The van der Waals surface area contributed by atoms with Crippen molar-refractivity contribution in [2.24, 2.45) is 5.92 Å². The maximum atomic E-state index is 11.5. The van der Waals surface area contributed by atoms with Crippen LogP contribution in [0.2, 0.25) is 0 Å². The molecule has 0 aromatic heterocycles. The van der Waals surface area contributed by atoms with Gasteiger partial charge in [0.15, 0.2) is 0 Å². The van der Waals surface area contributed by atoms with Crippen molar-refractivity contribution in [1.29, 1.82) is 0 Å². The monoisotopic (exact) mass is 261 g/mol. The maximum Gasteiger partial charge on any atom is 0.312 e. The van der Waals surface area contributed by atoms with E-state index in [2.05, 4.69) is 4.90 Å². The molecule has 0 bridgehead atoms. The van der Waals surface area contributed by atoms with Crippen LogP contribution in [0.5, 0.6) is 0 Å². The second kappa shape index (κ2) is 5.97. The van der Waals surface area contributed by atoms with Crippen LogP contribution >= 0.6 is 0 Å². The van der Waals surface area contributed by atoms with Crippen LogP contribution in [-0.2, 0) is 9.59 Å². The highest BCUT2D eigenvalue weighted by Gasteiger charge is 2.28. The van der Waals surface area contributed by atoms with E-state index in [1.807, 2.05) is 37.3 Å². The third kappa shape index (κ3) is 3.41. The second-order valence-corrected chi connectivity index (χ2v) is 5.18. The minimum absolute atomic E-state index is 0.0129. The minimum Gasteiger partial charge on any atom is -0.481 e. The fraction of sp³-hybridized carbons (Fsp3) is 0.467. The summed E-state index contributed by atoms with van der Waals surface area (Å²) >= 11 is 0. The summed E-state index contributed by atoms with van der Waals surface area (Å²) in [7, 11) is 0. The molecule has 0 amide bonds. The van der Waals surface area contributed by atoms with E-state index in [1.165, 1.54) is 0 Å². The second-order valence-electron chi connectivity index (χ2n) is 5.18. The van der Waals surface area contributed by atoms with E-state index in [-0.39, 0.29) is 11.7 Å². The van der Waals surface area contributed by atoms with Crippen LogP contribution in [0, 0.1) is 5.92 Å².